The molecule has 0 saturated carbocycles. The van der Waals surface area contributed by atoms with E-state index in [1.165, 1.54) is 24.8 Å². The second kappa shape index (κ2) is 10.5. The van der Waals surface area contributed by atoms with Crippen molar-refractivity contribution in [2.75, 3.05) is 11.9 Å². The van der Waals surface area contributed by atoms with Crippen LogP contribution in [0.4, 0.5) is 5.69 Å². The van der Waals surface area contributed by atoms with Gasteiger partial charge in [-0.1, -0.05) is 51.7 Å². The quantitative estimate of drug-likeness (QED) is 0.551. The number of nitrogens with one attached hydrogen (secondary N) is 1. The summed E-state index contributed by atoms with van der Waals surface area (Å²) in [6, 6.07) is 15.4. The van der Waals surface area contributed by atoms with Crippen LogP contribution in [0.2, 0.25) is 0 Å². The third-order valence-corrected chi connectivity index (χ3v) is 4.13. The Morgan fingerprint density at radius 3 is 2.24 bits per heavy atom. The monoisotopic (exact) mass is 339 g/mol. The lowest BCUT2D eigenvalue weighted by molar-refractivity contribution is 0.102. The lowest BCUT2D eigenvalue weighted by atomic mass is 10.1. The van der Waals surface area contributed by atoms with Gasteiger partial charge in [-0.05, 0) is 54.8 Å². The van der Waals surface area contributed by atoms with Crippen LogP contribution in [0.25, 0.3) is 0 Å². The molecule has 0 aliphatic rings. The number of benzene rings is 2. The van der Waals surface area contributed by atoms with Gasteiger partial charge in [0.05, 0.1) is 6.61 Å². The van der Waals surface area contributed by atoms with Crippen LogP contribution >= 0.6 is 0 Å². The molecule has 2 aromatic rings. The molecule has 2 aromatic carbocycles. The van der Waals surface area contributed by atoms with Crippen molar-refractivity contribution in [1.29, 1.82) is 0 Å². The molecule has 0 aliphatic carbocycles. The highest BCUT2D eigenvalue weighted by molar-refractivity contribution is 6.04. The zero-order valence-corrected chi connectivity index (χ0v) is 15.4. The van der Waals surface area contributed by atoms with Gasteiger partial charge >= 0.3 is 0 Å². The fourth-order valence-corrected chi connectivity index (χ4v) is 2.67. The maximum Gasteiger partial charge on any atom is 0.255 e. The number of carbonyl (C=O) groups is 1. The summed E-state index contributed by atoms with van der Waals surface area (Å²) in [5, 5.41) is 2.93. The molecule has 0 heterocycles. The second-order valence-electron chi connectivity index (χ2n) is 6.33. The van der Waals surface area contributed by atoms with Crippen LogP contribution < -0.4 is 10.1 Å². The first kappa shape index (κ1) is 19.0. The van der Waals surface area contributed by atoms with E-state index in [0.29, 0.717) is 5.56 Å². The summed E-state index contributed by atoms with van der Waals surface area (Å²) in [6.45, 7) is 5.10. The zero-order valence-electron chi connectivity index (χ0n) is 15.4. The predicted molar refractivity (Wildman–Crippen MR) is 104 cm³/mol. The summed E-state index contributed by atoms with van der Waals surface area (Å²) >= 11 is 0. The van der Waals surface area contributed by atoms with Crippen LogP contribution in [0, 0.1) is 0 Å². The summed E-state index contributed by atoms with van der Waals surface area (Å²) in [7, 11) is 0. The first-order chi connectivity index (χ1) is 12.2. The maximum absolute atomic E-state index is 12.3. The van der Waals surface area contributed by atoms with Gasteiger partial charge in [0, 0.05) is 11.3 Å². The first-order valence-corrected chi connectivity index (χ1v) is 9.36. The van der Waals surface area contributed by atoms with Crippen molar-refractivity contribution < 1.29 is 9.53 Å². The van der Waals surface area contributed by atoms with Gasteiger partial charge in [0.25, 0.3) is 5.91 Å². The molecular weight excluding hydrogens is 310 g/mol. The van der Waals surface area contributed by atoms with E-state index in [4.69, 9.17) is 4.74 Å². The lowest BCUT2D eigenvalue weighted by Crippen LogP contribution is -2.11. The Morgan fingerprint density at radius 1 is 0.880 bits per heavy atom. The number of hydrogen-bond donors (Lipinski definition) is 1. The molecule has 0 atom stereocenters. The van der Waals surface area contributed by atoms with E-state index in [-0.39, 0.29) is 5.91 Å². The van der Waals surface area contributed by atoms with Crippen LogP contribution in [0.5, 0.6) is 5.75 Å². The highest BCUT2D eigenvalue weighted by atomic mass is 16.5. The molecule has 1 amide bonds. The Bertz CT molecular complexity index is 632. The predicted octanol–water partition coefficient (Wildman–Crippen LogP) is 5.85. The standard InChI is InChI=1S/C22H29NO2/c1-3-5-6-7-17-25-21-15-13-20(14-16-21)23-22(24)19-11-9-18(8-4-2)10-12-19/h9-16H,3-8,17H2,1-2H3,(H,23,24). The molecule has 25 heavy (non-hydrogen) atoms. The number of amides is 1. The SMILES string of the molecule is CCCCCCOc1ccc(NC(=O)c2ccc(CCC)cc2)cc1. The number of unbranched alkanes of at least 4 members (excludes halogenated alkanes) is 3. The van der Waals surface area contributed by atoms with E-state index >= 15 is 0 Å². The fraction of sp³-hybridized carbons (Fsp3) is 0.409. The number of rotatable bonds is 10. The van der Waals surface area contributed by atoms with Gasteiger partial charge in [-0.25, -0.2) is 0 Å². The first-order valence-electron chi connectivity index (χ1n) is 9.36. The summed E-state index contributed by atoms with van der Waals surface area (Å²) in [5.74, 6) is 0.759. The van der Waals surface area contributed by atoms with Crippen molar-refractivity contribution in [3.8, 4) is 5.75 Å². The number of anilines is 1. The van der Waals surface area contributed by atoms with Gasteiger partial charge in [-0.3, -0.25) is 4.79 Å². The molecule has 0 saturated heterocycles. The van der Waals surface area contributed by atoms with Crippen molar-refractivity contribution >= 4 is 11.6 Å². The molecule has 3 nitrogen and oxygen atoms in total. The van der Waals surface area contributed by atoms with E-state index in [9.17, 15) is 4.79 Å². The Balaban J connectivity index is 1.82. The highest BCUT2D eigenvalue weighted by Gasteiger charge is 2.06. The average molecular weight is 339 g/mol. The third-order valence-electron chi connectivity index (χ3n) is 4.13. The molecule has 0 aromatic heterocycles. The second-order valence-corrected chi connectivity index (χ2v) is 6.33. The summed E-state index contributed by atoms with van der Waals surface area (Å²) in [6.07, 6.45) is 6.94. The third kappa shape index (κ3) is 6.61. The number of ether oxygens (including phenoxy) is 1. The molecule has 0 radical (unpaired) electrons. The van der Waals surface area contributed by atoms with E-state index in [1.54, 1.807) is 0 Å². The van der Waals surface area contributed by atoms with Crippen LogP contribution in [0.1, 0.15) is 61.9 Å². The molecule has 0 bridgehead atoms. The van der Waals surface area contributed by atoms with Gasteiger partial charge < -0.3 is 10.1 Å². The molecule has 0 fully saturated rings. The molecular formula is C22H29NO2. The molecule has 0 spiro atoms. The molecule has 2 rings (SSSR count). The van der Waals surface area contributed by atoms with Gasteiger partial charge in [-0.2, -0.15) is 0 Å². The summed E-state index contributed by atoms with van der Waals surface area (Å²) < 4.78 is 5.72. The smallest absolute Gasteiger partial charge is 0.255 e. The minimum Gasteiger partial charge on any atom is -0.494 e. The summed E-state index contributed by atoms with van der Waals surface area (Å²) in [5.41, 5.74) is 2.72. The van der Waals surface area contributed by atoms with E-state index in [2.05, 4.69) is 19.2 Å². The van der Waals surface area contributed by atoms with Gasteiger partial charge in [0.15, 0.2) is 0 Å². The summed E-state index contributed by atoms with van der Waals surface area (Å²) in [4.78, 5) is 12.3. The van der Waals surface area contributed by atoms with Crippen LogP contribution in [-0.4, -0.2) is 12.5 Å². The van der Waals surface area contributed by atoms with E-state index in [1.807, 2.05) is 48.5 Å². The molecule has 0 aliphatic heterocycles. The van der Waals surface area contributed by atoms with E-state index in [0.717, 1.165) is 37.3 Å². The lowest BCUT2D eigenvalue weighted by Gasteiger charge is -2.09. The number of aryl methyl sites for hydroxylation is 1. The maximum atomic E-state index is 12.3. The van der Waals surface area contributed by atoms with Crippen molar-refractivity contribution in [3.05, 3.63) is 59.7 Å². The van der Waals surface area contributed by atoms with Crippen LogP contribution in [0.15, 0.2) is 48.5 Å². The van der Waals surface area contributed by atoms with E-state index < -0.39 is 0 Å². The molecule has 1 N–H and O–H groups in total. The van der Waals surface area contributed by atoms with Gasteiger partial charge in [0.1, 0.15) is 5.75 Å². The minimum absolute atomic E-state index is 0.0868. The topological polar surface area (TPSA) is 38.3 Å². The zero-order chi connectivity index (χ0) is 17.9. The normalized spacial score (nSPS) is 10.5. The Kier molecular flexibility index (Phi) is 8.03. The number of hydrogen-bond acceptors (Lipinski definition) is 2. The van der Waals surface area contributed by atoms with Crippen molar-refractivity contribution in [1.82, 2.24) is 0 Å². The Labute approximate surface area is 151 Å². The molecule has 0 unspecified atom stereocenters. The van der Waals surface area contributed by atoms with Crippen LogP contribution in [-0.2, 0) is 6.42 Å². The Morgan fingerprint density at radius 2 is 1.60 bits per heavy atom. The largest absolute Gasteiger partial charge is 0.494 e. The average Bonchev–Trinajstić information content (AvgIpc) is 2.64. The number of carbonyl (C=O) groups excluding carboxylic acids is 1. The fourth-order valence-electron chi connectivity index (χ4n) is 2.67. The van der Waals surface area contributed by atoms with Crippen molar-refractivity contribution in [2.24, 2.45) is 0 Å². The molecule has 134 valence electrons. The minimum atomic E-state index is -0.0868. The van der Waals surface area contributed by atoms with Crippen molar-refractivity contribution in [2.45, 2.75) is 52.4 Å². The Hall–Kier alpha value is -2.29. The molecule has 3 heteroatoms. The van der Waals surface area contributed by atoms with Crippen molar-refractivity contribution in [3.63, 3.8) is 0 Å². The van der Waals surface area contributed by atoms with Crippen LogP contribution in [0.3, 0.4) is 0 Å². The van der Waals surface area contributed by atoms with Gasteiger partial charge in [-0.15, -0.1) is 0 Å². The highest BCUT2D eigenvalue weighted by Crippen LogP contribution is 2.17. The van der Waals surface area contributed by atoms with Gasteiger partial charge in [0.2, 0.25) is 0 Å².